The Bertz CT molecular complexity index is 1210. The zero-order valence-corrected chi connectivity index (χ0v) is 19.3. The number of aliphatic hydroxyl groups is 1. The number of carbonyl (C=O) groups is 2. The Morgan fingerprint density at radius 1 is 1.12 bits per heavy atom. The van der Waals surface area contributed by atoms with Gasteiger partial charge in [0, 0.05) is 36.1 Å². The van der Waals surface area contributed by atoms with Gasteiger partial charge in [-0.3, -0.25) is 9.59 Å². The van der Waals surface area contributed by atoms with Crippen LogP contribution in [0.4, 0.5) is 0 Å². The highest BCUT2D eigenvalue weighted by molar-refractivity contribution is 6.46. The standard InChI is InChI=1S/C24H21Cl2N3O4/c1-33-19-8-5-16(13-18(19)26)22(30)20-21(15-3-6-17(25)7-4-15)29(24(32)23(20)31)11-2-10-28-12-9-27-14-28/h3-9,12-14,21,30H,2,10-11H2,1H3/t21-/m0/s1. The number of aliphatic hydroxyl groups excluding tert-OH is 1. The lowest BCUT2D eigenvalue weighted by Crippen LogP contribution is -2.31. The lowest BCUT2D eigenvalue weighted by atomic mass is 9.95. The predicted octanol–water partition coefficient (Wildman–Crippen LogP) is 4.71. The first-order chi connectivity index (χ1) is 15.9. The molecule has 9 heteroatoms. The Morgan fingerprint density at radius 3 is 2.52 bits per heavy atom. The Kier molecular flexibility index (Phi) is 6.72. The van der Waals surface area contributed by atoms with Crippen molar-refractivity contribution >= 4 is 40.7 Å². The fourth-order valence-corrected chi connectivity index (χ4v) is 4.30. The molecule has 170 valence electrons. The summed E-state index contributed by atoms with van der Waals surface area (Å²) in [6, 6.07) is 10.8. The number of Topliss-reactive ketones (excluding diaryl/α,β-unsaturated/α-hetero) is 1. The second-order valence-electron chi connectivity index (χ2n) is 7.55. The Labute approximate surface area is 200 Å². The van der Waals surface area contributed by atoms with Crippen molar-refractivity contribution in [3.8, 4) is 5.75 Å². The summed E-state index contributed by atoms with van der Waals surface area (Å²) in [5.74, 6) is -1.28. The number of ether oxygens (including phenoxy) is 1. The number of ketones is 1. The summed E-state index contributed by atoms with van der Waals surface area (Å²) in [4.78, 5) is 31.6. The number of halogens is 2. The van der Waals surface area contributed by atoms with E-state index in [1.165, 1.54) is 18.1 Å². The maximum Gasteiger partial charge on any atom is 0.295 e. The number of hydrogen-bond acceptors (Lipinski definition) is 5. The van der Waals surface area contributed by atoms with E-state index in [0.717, 1.165) is 0 Å². The molecule has 0 radical (unpaired) electrons. The molecule has 1 N–H and O–H groups in total. The summed E-state index contributed by atoms with van der Waals surface area (Å²) < 4.78 is 7.06. The molecule has 4 rings (SSSR count). The number of benzene rings is 2. The molecule has 2 heterocycles. The minimum absolute atomic E-state index is 0.00573. The Hall–Kier alpha value is -3.29. The van der Waals surface area contributed by atoms with E-state index in [0.29, 0.717) is 41.4 Å². The highest BCUT2D eigenvalue weighted by atomic mass is 35.5. The number of carbonyl (C=O) groups excluding carboxylic acids is 2. The van der Waals surface area contributed by atoms with Gasteiger partial charge in [-0.25, -0.2) is 4.98 Å². The predicted molar refractivity (Wildman–Crippen MR) is 125 cm³/mol. The minimum atomic E-state index is -0.758. The van der Waals surface area contributed by atoms with Gasteiger partial charge < -0.3 is 19.3 Å². The SMILES string of the molecule is COc1ccc(C(O)=C2C(=O)C(=O)N(CCCn3ccnc3)[C@H]2c2ccc(Cl)cc2)cc1Cl. The molecular weight excluding hydrogens is 465 g/mol. The quantitative estimate of drug-likeness (QED) is 0.297. The summed E-state index contributed by atoms with van der Waals surface area (Å²) in [6.07, 6.45) is 5.80. The van der Waals surface area contributed by atoms with Crippen LogP contribution < -0.4 is 4.74 Å². The second kappa shape index (κ2) is 9.68. The van der Waals surface area contributed by atoms with Gasteiger partial charge in [0.1, 0.15) is 11.5 Å². The molecule has 1 aliphatic heterocycles. The molecule has 1 amide bonds. The van der Waals surface area contributed by atoms with E-state index in [2.05, 4.69) is 4.98 Å². The van der Waals surface area contributed by atoms with Gasteiger partial charge in [0.25, 0.3) is 11.7 Å². The molecule has 0 bridgehead atoms. The van der Waals surface area contributed by atoms with Gasteiger partial charge in [0.05, 0.1) is 30.1 Å². The first kappa shape index (κ1) is 22.9. The van der Waals surface area contributed by atoms with Gasteiger partial charge in [-0.15, -0.1) is 0 Å². The molecule has 1 aliphatic rings. The van der Waals surface area contributed by atoms with Crippen molar-refractivity contribution in [3.63, 3.8) is 0 Å². The van der Waals surface area contributed by atoms with Crippen LogP contribution >= 0.6 is 23.2 Å². The van der Waals surface area contributed by atoms with Crippen molar-refractivity contribution in [1.82, 2.24) is 14.5 Å². The van der Waals surface area contributed by atoms with Crippen molar-refractivity contribution in [1.29, 1.82) is 0 Å². The largest absolute Gasteiger partial charge is 0.507 e. The minimum Gasteiger partial charge on any atom is -0.507 e. The molecule has 0 unspecified atom stereocenters. The third-order valence-electron chi connectivity index (χ3n) is 5.53. The molecule has 33 heavy (non-hydrogen) atoms. The number of amides is 1. The average Bonchev–Trinajstić information content (AvgIpc) is 3.41. The van der Waals surface area contributed by atoms with E-state index in [-0.39, 0.29) is 16.4 Å². The molecule has 0 aliphatic carbocycles. The van der Waals surface area contributed by atoms with Crippen molar-refractivity contribution in [3.05, 3.63) is 87.9 Å². The van der Waals surface area contributed by atoms with Crippen LogP contribution in [0.1, 0.15) is 23.6 Å². The zero-order chi connectivity index (χ0) is 23.5. The third kappa shape index (κ3) is 4.60. The van der Waals surface area contributed by atoms with E-state index in [9.17, 15) is 14.7 Å². The number of aryl methyl sites for hydroxylation is 1. The number of imidazole rings is 1. The Morgan fingerprint density at radius 2 is 1.88 bits per heavy atom. The van der Waals surface area contributed by atoms with Gasteiger partial charge in [-0.05, 0) is 42.3 Å². The number of likely N-dealkylation sites (tertiary alicyclic amines) is 1. The van der Waals surface area contributed by atoms with Crippen LogP contribution in [0.3, 0.4) is 0 Å². The van der Waals surface area contributed by atoms with Crippen LogP contribution in [0.2, 0.25) is 10.0 Å². The lowest BCUT2D eigenvalue weighted by molar-refractivity contribution is -0.139. The molecular formula is C24H21Cl2N3O4. The first-order valence-electron chi connectivity index (χ1n) is 10.2. The van der Waals surface area contributed by atoms with Crippen LogP contribution in [-0.2, 0) is 16.1 Å². The highest BCUT2D eigenvalue weighted by Crippen LogP contribution is 2.40. The monoisotopic (exact) mass is 485 g/mol. The van der Waals surface area contributed by atoms with E-state index in [4.69, 9.17) is 27.9 Å². The first-order valence-corrected chi connectivity index (χ1v) is 11.0. The van der Waals surface area contributed by atoms with Gasteiger partial charge in [0.15, 0.2) is 0 Å². The number of hydrogen-bond donors (Lipinski definition) is 1. The number of nitrogens with zero attached hydrogens (tertiary/aromatic N) is 3. The van der Waals surface area contributed by atoms with Gasteiger partial charge in [-0.2, -0.15) is 0 Å². The van der Waals surface area contributed by atoms with E-state index in [1.807, 2.05) is 10.8 Å². The summed E-state index contributed by atoms with van der Waals surface area (Å²) >= 11 is 12.3. The molecule has 3 aromatic rings. The Balaban J connectivity index is 1.74. The highest BCUT2D eigenvalue weighted by Gasteiger charge is 2.45. The third-order valence-corrected chi connectivity index (χ3v) is 6.07. The van der Waals surface area contributed by atoms with Gasteiger partial charge >= 0.3 is 0 Å². The fraction of sp³-hybridized carbons (Fsp3) is 0.208. The van der Waals surface area contributed by atoms with Gasteiger partial charge in [0.2, 0.25) is 0 Å². The summed E-state index contributed by atoms with van der Waals surface area (Å²) in [5.41, 5.74) is 0.991. The molecule has 0 saturated carbocycles. The lowest BCUT2D eigenvalue weighted by Gasteiger charge is -2.25. The van der Waals surface area contributed by atoms with Crippen molar-refractivity contribution in [2.45, 2.75) is 19.0 Å². The molecule has 1 fully saturated rings. The molecule has 2 aromatic carbocycles. The zero-order valence-electron chi connectivity index (χ0n) is 17.7. The van der Waals surface area contributed by atoms with Crippen LogP contribution in [0.5, 0.6) is 5.75 Å². The summed E-state index contributed by atoms with van der Waals surface area (Å²) in [5, 5.41) is 11.9. The molecule has 1 atom stereocenters. The fourth-order valence-electron chi connectivity index (χ4n) is 3.91. The van der Waals surface area contributed by atoms with Crippen LogP contribution in [0.15, 0.2) is 66.8 Å². The smallest absolute Gasteiger partial charge is 0.295 e. The number of rotatable bonds is 7. The normalized spacial score (nSPS) is 17.5. The molecule has 7 nitrogen and oxygen atoms in total. The number of methoxy groups -OCH3 is 1. The van der Waals surface area contributed by atoms with Gasteiger partial charge in [-0.1, -0.05) is 35.3 Å². The van der Waals surface area contributed by atoms with Crippen molar-refractivity contribution < 1.29 is 19.4 Å². The molecule has 0 spiro atoms. The topological polar surface area (TPSA) is 84.7 Å². The van der Waals surface area contributed by atoms with E-state index in [1.54, 1.807) is 48.9 Å². The van der Waals surface area contributed by atoms with E-state index >= 15 is 0 Å². The van der Waals surface area contributed by atoms with E-state index < -0.39 is 17.7 Å². The van der Waals surface area contributed by atoms with Crippen molar-refractivity contribution in [2.75, 3.05) is 13.7 Å². The van der Waals surface area contributed by atoms with Crippen LogP contribution in [0.25, 0.3) is 5.76 Å². The maximum absolute atomic E-state index is 13.1. The van der Waals surface area contributed by atoms with Crippen LogP contribution in [-0.4, -0.2) is 44.9 Å². The molecule has 1 saturated heterocycles. The van der Waals surface area contributed by atoms with Crippen molar-refractivity contribution in [2.24, 2.45) is 0 Å². The molecule has 1 aromatic heterocycles. The maximum atomic E-state index is 13.1. The summed E-state index contributed by atoms with van der Waals surface area (Å²) in [6.45, 7) is 0.945. The average molecular weight is 486 g/mol. The summed E-state index contributed by atoms with van der Waals surface area (Å²) in [7, 11) is 1.48. The number of aromatic nitrogens is 2. The second-order valence-corrected chi connectivity index (χ2v) is 8.39. The van der Waals surface area contributed by atoms with Crippen LogP contribution in [0, 0.1) is 0 Å².